The zero-order valence-electron chi connectivity index (χ0n) is 17.8. The first-order chi connectivity index (χ1) is 13.5. The van der Waals surface area contributed by atoms with E-state index in [4.69, 9.17) is 10.1 Å². The number of hydrogen-bond donors (Lipinski definition) is 0. The third-order valence-electron chi connectivity index (χ3n) is 6.42. The van der Waals surface area contributed by atoms with Crippen molar-refractivity contribution in [2.45, 2.75) is 45.3 Å². The number of likely N-dealkylation sites (tertiary alicyclic amines) is 1. The highest BCUT2D eigenvalue weighted by Crippen LogP contribution is 2.38. The normalized spacial score (nSPS) is 21.8. The van der Waals surface area contributed by atoms with Gasteiger partial charge in [-0.25, -0.2) is 9.67 Å². The molecule has 152 valence electrons. The minimum absolute atomic E-state index is 0.760. The molecule has 1 saturated heterocycles. The number of aromatic nitrogens is 3. The van der Waals surface area contributed by atoms with Crippen LogP contribution in [0.3, 0.4) is 0 Å². The molecule has 2 aromatic rings. The maximum Gasteiger partial charge on any atom is 0.181 e. The molecular weight excluding hydrogens is 348 g/mol. The first-order valence-electron chi connectivity index (χ1n) is 10.7. The van der Waals surface area contributed by atoms with Crippen LogP contribution in [0.25, 0.3) is 11.4 Å². The Morgan fingerprint density at radius 3 is 2.50 bits per heavy atom. The van der Waals surface area contributed by atoms with Crippen molar-refractivity contribution in [1.29, 1.82) is 0 Å². The number of benzene rings is 1. The molecule has 2 bridgehead atoms. The van der Waals surface area contributed by atoms with Crippen molar-refractivity contribution < 1.29 is 0 Å². The standard InChI is InChI=1S/C22H34N6/c1-5-26(4)19-10-7-18(8-11-19)22-23-21(28(24-22)13-12-25(2)3)16-27-15-17-6-9-20(27)14-17/h7-8,10-11,17,20H,5-6,9,12-16H2,1-4H3. The fraction of sp³-hybridized carbons (Fsp3) is 0.636. The maximum absolute atomic E-state index is 4.98. The first-order valence-corrected chi connectivity index (χ1v) is 10.7. The molecule has 2 unspecified atom stereocenters. The van der Waals surface area contributed by atoms with Crippen LogP contribution in [0.4, 0.5) is 5.69 Å². The molecule has 4 rings (SSSR count). The second-order valence-electron chi connectivity index (χ2n) is 8.70. The number of piperidine rings is 1. The number of nitrogens with zero attached hydrogens (tertiary/aromatic N) is 6. The van der Waals surface area contributed by atoms with Gasteiger partial charge in [-0.3, -0.25) is 4.90 Å². The summed E-state index contributed by atoms with van der Waals surface area (Å²) < 4.78 is 2.13. The number of fused-ring (bicyclic) bond motifs is 2. The van der Waals surface area contributed by atoms with E-state index in [9.17, 15) is 0 Å². The molecule has 1 aliphatic carbocycles. The Hall–Kier alpha value is -1.92. The molecule has 1 aromatic heterocycles. The predicted octanol–water partition coefficient (Wildman–Crippen LogP) is 2.95. The molecule has 0 radical (unpaired) electrons. The quantitative estimate of drug-likeness (QED) is 0.702. The van der Waals surface area contributed by atoms with Crippen molar-refractivity contribution in [3.8, 4) is 11.4 Å². The van der Waals surface area contributed by atoms with Gasteiger partial charge in [0.05, 0.1) is 13.1 Å². The van der Waals surface area contributed by atoms with E-state index in [1.54, 1.807) is 0 Å². The molecule has 2 fully saturated rings. The van der Waals surface area contributed by atoms with E-state index >= 15 is 0 Å². The van der Waals surface area contributed by atoms with Crippen molar-refractivity contribution in [2.24, 2.45) is 5.92 Å². The Kier molecular flexibility index (Phi) is 5.69. The molecule has 6 heteroatoms. The molecule has 6 nitrogen and oxygen atoms in total. The van der Waals surface area contributed by atoms with Gasteiger partial charge in [-0.15, -0.1) is 0 Å². The highest BCUT2D eigenvalue weighted by atomic mass is 15.4. The third kappa shape index (κ3) is 4.08. The molecule has 1 aliphatic heterocycles. The van der Waals surface area contributed by atoms with E-state index in [2.05, 4.69) is 71.7 Å². The van der Waals surface area contributed by atoms with Crippen molar-refractivity contribution in [2.75, 3.05) is 45.7 Å². The molecule has 0 spiro atoms. The highest BCUT2D eigenvalue weighted by molar-refractivity contribution is 5.60. The van der Waals surface area contributed by atoms with E-state index in [1.807, 2.05) is 0 Å². The second kappa shape index (κ2) is 8.21. The highest BCUT2D eigenvalue weighted by Gasteiger charge is 2.38. The number of rotatable bonds is 8. The average Bonchev–Trinajstić information content (AvgIpc) is 3.42. The number of anilines is 1. The lowest BCUT2D eigenvalue weighted by Gasteiger charge is -2.26. The minimum atomic E-state index is 0.760. The van der Waals surface area contributed by atoms with E-state index in [-0.39, 0.29) is 0 Å². The summed E-state index contributed by atoms with van der Waals surface area (Å²) in [6.07, 6.45) is 4.15. The van der Waals surface area contributed by atoms with E-state index in [0.29, 0.717) is 0 Å². The predicted molar refractivity (Wildman–Crippen MR) is 114 cm³/mol. The van der Waals surface area contributed by atoms with Gasteiger partial charge in [0.25, 0.3) is 0 Å². The largest absolute Gasteiger partial charge is 0.375 e. The lowest BCUT2D eigenvalue weighted by molar-refractivity contribution is 0.196. The summed E-state index contributed by atoms with van der Waals surface area (Å²) in [5, 5.41) is 4.89. The summed E-state index contributed by atoms with van der Waals surface area (Å²) in [6.45, 7) is 7.19. The smallest absolute Gasteiger partial charge is 0.181 e. The van der Waals surface area contributed by atoms with E-state index in [1.165, 1.54) is 31.5 Å². The zero-order chi connectivity index (χ0) is 19.7. The van der Waals surface area contributed by atoms with Gasteiger partial charge in [-0.1, -0.05) is 0 Å². The van der Waals surface area contributed by atoms with Crippen molar-refractivity contribution in [3.05, 3.63) is 30.1 Å². The lowest BCUT2D eigenvalue weighted by Crippen LogP contribution is -2.33. The van der Waals surface area contributed by atoms with Crippen LogP contribution in [0.2, 0.25) is 0 Å². The van der Waals surface area contributed by atoms with Gasteiger partial charge in [0.1, 0.15) is 5.82 Å². The molecule has 1 aromatic carbocycles. The summed E-state index contributed by atoms with van der Waals surface area (Å²) in [4.78, 5) is 12.1. The van der Waals surface area contributed by atoms with Crippen molar-refractivity contribution in [1.82, 2.24) is 24.6 Å². The molecule has 0 amide bonds. The van der Waals surface area contributed by atoms with Crippen LogP contribution in [0.1, 0.15) is 32.0 Å². The van der Waals surface area contributed by atoms with Crippen LogP contribution in [0, 0.1) is 5.92 Å². The van der Waals surface area contributed by atoms with E-state index in [0.717, 1.165) is 55.4 Å². The fourth-order valence-corrected chi connectivity index (χ4v) is 4.54. The number of likely N-dealkylation sites (N-methyl/N-ethyl adjacent to an activating group) is 1. The van der Waals surface area contributed by atoms with Crippen LogP contribution >= 0.6 is 0 Å². The number of hydrogen-bond acceptors (Lipinski definition) is 5. The topological polar surface area (TPSA) is 40.4 Å². The monoisotopic (exact) mass is 382 g/mol. The Labute approximate surface area is 169 Å². The van der Waals surface area contributed by atoms with Gasteiger partial charge in [0, 0.05) is 44.0 Å². The van der Waals surface area contributed by atoms with Gasteiger partial charge in [-0.05, 0) is 70.5 Å². The summed E-state index contributed by atoms with van der Waals surface area (Å²) in [5.74, 6) is 2.87. The molecule has 0 N–H and O–H groups in total. The van der Waals surface area contributed by atoms with Crippen molar-refractivity contribution >= 4 is 5.69 Å². The molecular formula is C22H34N6. The van der Waals surface area contributed by atoms with E-state index < -0.39 is 0 Å². The molecule has 2 heterocycles. The van der Waals surface area contributed by atoms with Gasteiger partial charge >= 0.3 is 0 Å². The van der Waals surface area contributed by atoms with Crippen LogP contribution in [0.5, 0.6) is 0 Å². The SMILES string of the molecule is CCN(C)c1ccc(-c2nc(CN3CC4CCC3C4)n(CCN(C)C)n2)cc1. The Balaban J connectivity index is 1.55. The third-order valence-corrected chi connectivity index (χ3v) is 6.42. The first kappa shape index (κ1) is 19.4. The Morgan fingerprint density at radius 1 is 1.11 bits per heavy atom. The summed E-state index contributed by atoms with van der Waals surface area (Å²) in [6, 6.07) is 9.39. The molecule has 2 aliphatic rings. The summed E-state index contributed by atoms with van der Waals surface area (Å²) >= 11 is 0. The summed E-state index contributed by atoms with van der Waals surface area (Å²) in [5.41, 5.74) is 2.33. The lowest BCUT2D eigenvalue weighted by atomic mass is 10.1. The average molecular weight is 383 g/mol. The van der Waals surface area contributed by atoms with Gasteiger partial charge in [0.15, 0.2) is 5.82 Å². The van der Waals surface area contributed by atoms with Crippen LogP contribution in [0.15, 0.2) is 24.3 Å². The summed E-state index contributed by atoms with van der Waals surface area (Å²) in [7, 11) is 6.34. The molecule has 28 heavy (non-hydrogen) atoms. The van der Waals surface area contributed by atoms with Crippen LogP contribution in [-0.4, -0.2) is 71.4 Å². The molecule has 1 saturated carbocycles. The second-order valence-corrected chi connectivity index (χ2v) is 8.70. The Bertz CT molecular complexity index is 781. The van der Waals surface area contributed by atoms with Crippen LogP contribution < -0.4 is 4.90 Å². The Morgan fingerprint density at radius 2 is 1.89 bits per heavy atom. The molecule has 2 atom stereocenters. The van der Waals surface area contributed by atoms with Gasteiger partial charge in [-0.2, -0.15) is 5.10 Å². The van der Waals surface area contributed by atoms with Gasteiger partial charge < -0.3 is 9.80 Å². The van der Waals surface area contributed by atoms with Crippen LogP contribution in [-0.2, 0) is 13.1 Å². The minimum Gasteiger partial charge on any atom is -0.375 e. The fourth-order valence-electron chi connectivity index (χ4n) is 4.54. The maximum atomic E-state index is 4.98. The van der Waals surface area contributed by atoms with Gasteiger partial charge in [0.2, 0.25) is 0 Å². The zero-order valence-corrected chi connectivity index (χ0v) is 17.8. The van der Waals surface area contributed by atoms with Crippen molar-refractivity contribution in [3.63, 3.8) is 0 Å².